The predicted octanol–water partition coefficient (Wildman–Crippen LogP) is 4.13. The molecule has 0 radical (unpaired) electrons. The van der Waals surface area contributed by atoms with Crippen LogP contribution in [0.4, 0.5) is 10.3 Å². The van der Waals surface area contributed by atoms with Crippen LogP contribution in [0.5, 0.6) is 5.75 Å². The molecule has 2 heterocycles. The van der Waals surface area contributed by atoms with Crippen LogP contribution in [0.25, 0.3) is 10.2 Å². The summed E-state index contributed by atoms with van der Waals surface area (Å²) in [6.07, 6.45) is 0.599. The van der Waals surface area contributed by atoms with Crippen molar-refractivity contribution in [2.45, 2.75) is 17.7 Å². The van der Waals surface area contributed by atoms with Gasteiger partial charge in [-0.25, -0.2) is 18.4 Å². The van der Waals surface area contributed by atoms with Crippen LogP contribution >= 0.6 is 22.7 Å². The number of rotatable bonds is 8. The molecule has 0 aliphatic carbocycles. The second kappa shape index (κ2) is 9.00. The van der Waals surface area contributed by atoms with Crippen LogP contribution in [0.2, 0.25) is 0 Å². The predicted molar refractivity (Wildman–Crippen MR) is 122 cm³/mol. The van der Waals surface area contributed by atoms with E-state index < -0.39 is 10.0 Å². The highest BCUT2D eigenvalue weighted by Gasteiger charge is 2.17. The number of aromatic nitrogens is 2. The molecule has 0 fully saturated rings. The topological polar surface area (TPSA) is 110 Å². The molecule has 2 N–H and O–H groups in total. The second-order valence-corrected chi connectivity index (χ2v) is 10.0. The number of ether oxygens (including phenoxy) is 1. The van der Waals surface area contributed by atoms with E-state index in [2.05, 4.69) is 20.0 Å². The molecule has 2 aromatic carbocycles. The molecule has 0 saturated heterocycles. The van der Waals surface area contributed by atoms with Crippen LogP contribution in [0.15, 0.2) is 58.8 Å². The molecule has 0 saturated carbocycles. The molecule has 11 heteroatoms. The van der Waals surface area contributed by atoms with Crippen molar-refractivity contribution < 1.29 is 17.9 Å². The summed E-state index contributed by atoms with van der Waals surface area (Å²) in [7, 11) is -2.24. The molecule has 31 heavy (non-hydrogen) atoms. The number of thiazole rings is 2. The smallest absolute Gasteiger partial charge is 0.263 e. The van der Waals surface area contributed by atoms with Gasteiger partial charge in [0.1, 0.15) is 5.75 Å². The Morgan fingerprint density at radius 2 is 1.84 bits per heavy atom. The number of methoxy groups -OCH3 is 1. The van der Waals surface area contributed by atoms with E-state index in [1.807, 2.05) is 24.3 Å². The van der Waals surface area contributed by atoms with Gasteiger partial charge in [-0.15, -0.1) is 11.3 Å². The molecule has 0 spiro atoms. The van der Waals surface area contributed by atoms with Crippen molar-refractivity contribution in [2.75, 3.05) is 17.1 Å². The van der Waals surface area contributed by atoms with E-state index in [0.29, 0.717) is 23.0 Å². The summed E-state index contributed by atoms with van der Waals surface area (Å²) in [5.41, 5.74) is 1.48. The van der Waals surface area contributed by atoms with Crippen molar-refractivity contribution in [2.24, 2.45) is 0 Å². The number of nitrogens with one attached hydrogen (secondary N) is 2. The third-order valence-corrected chi connectivity index (χ3v) is 7.53. The maximum atomic E-state index is 12.5. The maximum absolute atomic E-state index is 12.5. The van der Waals surface area contributed by atoms with Gasteiger partial charge < -0.3 is 10.1 Å². The van der Waals surface area contributed by atoms with Gasteiger partial charge in [0.15, 0.2) is 10.3 Å². The van der Waals surface area contributed by atoms with Crippen LogP contribution in [0, 0.1) is 0 Å². The number of benzene rings is 2. The fraction of sp³-hybridized carbons (Fsp3) is 0.150. The fourth-order valence-corrected chi connectivity index (χ4v) is 5.63. The van der Waals surface area contributed by atoms with E-state index in [-0.39, 0.29) is 22.4 Å². The largest absolute Gasteiger partial charge is 0.497 e. The molecule has 4 rings (SSSR count). The van der Waals surface area contributed by atoms with E-state index in [9.17, 15) is 13.2 Å². The average Bonchev–Trinajstić information content (AvgIpc) is 3.37. The van der Waals surface area contributed by atoms with Crippen molar-refractivity contribution in [3.8, 4) is 5.75 Å². The first-order valence-electron chi connectivity index (χ1n) is 9.20. The van der Waals surface area contributed by atoms with Gasteiger partial charge >= 0.3 is 0 Å². The Morgan fingerprint density at radius 3 is 2.58 bits per heavy atom. The van der Waals surface area contributed by atoms with Gasteiger partial charge in [0, 0.05) is 11.8 Å². The van der Waals surface area contributed by atoms with E-state index in [4.69, 9.17) is 4.74 Å². The van der Waals surface area contributed by atoms with E-state index >= 15 is 0 Å². The lowest BCUT2D eigenvalue weighted by Gasteiger charge is -2.06. The summed E-state index contributed by atoms with van der Waals surface area (Å²) in [5.74, 6) is 0.395. The number of hydrogen-bond acceptors (Lipinski definition) is 8. The number of amides is 1. The quantitative estimate of drug-likeness (QED) is 0.397. The minimum absolute atomic E-state index is 0.111. The lowest BCUT2D eigenvalue weighted by molar-refractivity contribution is -0.116. The molecule has 0 unspecified atom stereocenters. The van der Waals surface area contributed by atoms with Crippen molar-refractivity contribution in [3.05, 3.63) is 59.6 Å². The summed E-state index contributed by atoms with van der Waals surface area (Å²) in [4.78, 5) is 21.0. The number of anilines is 2. The number of carbonyl (C=O) groups excluding carboxylic acids is 1. The number of sulfonamides is 1. The lowest BCUT2D eigenvalue weighted by Crippen LogP contribution is -2.13. The van der Waals surface area contributed by atoms with Crippen LogP contribution in [-0.2, 0) is 21.2 Å². The van der Waals surface area contributed by atoms with Gasteiger partial charge in [-0.3, -0.25) is 9.52 Å². The van der Waals surface area contributed by atoms with Gasteiger partial charge in [-0.05, 0) is 42.8 Å². The van der Waals surface area contributed by atoms with Gasteiger partial charge in [0.25, 0.3) is 10.0 Å². The minimum atomic E-state index is -3.75. The Bertz CT molecular complexity index is 1280. The number of carbonyl (C=O) groups is 1. The minimum Gasteiger partial charge on any atom is -0.497 e. The molecule has 4 aromatic rings. The third-order valence-electron chi connectivity index (χ3n) is 4.29. The molecule has 0 aliphatic heterocycles. The van der Waals surface area contributed by atoms with Crippen molar-refractivity contribution in [1.82, 2.24) is 9.97 Å². The van der Waals surface area contributed by atoms with Crippen molar-refractivity contribution in [1.29, 1.82) is 0 Å². The molecule has 0 aliphatic rings. The van der Waals surface area contributed by atoms with Crippen molar-refractivity contribution in [3.63, 3.8) is 0 Å². The Labute approximate surface area is 187 Å². The zero-order valence-electron chi connectivity index (χ0n) is 16.4. The average molecular weight is 475 g/mol. The SMILES string of the molecule is COc1ccc(S(=O)(=O)Nc2nc(CCC(=O)Nc3nc4ccccc4s3)cs2)cc1. The van der Waals surface area contributed by atoms with Gasteiger partial charge in [0.2, 0.25) is 5.91 Å². The number of nitrogens with zero attached hydrogens (tertiary/aromatic N) is 2. The highest BCUT2D eigenvalue weighted by Crippen LogP contribution is 2.26. The number of para-hydroxylation sites is 1. The molecular weight excluding hydrogens is 456 g/mol. The molecule has 1 amide bonds. The highest BCUT2D eigenvalue weighted by atomic mass is 32.2. The standard InChI is InChI=1S/C20H18N4O4S3/c1-28-14-7-9-15(10-8-14)31(26,27)24-20-21-13(12-29-20)6-11-18(25)23-19-22-16-4-2-3-5-17(16)30-19/h2-5,7-10,12H,6,11H2,1H3,(H,21,24)(H,22,23,25). The van der Waals surface area contributed by atoms with Crippen LogP contribution in [0.3, 0.4) is 0 Å². The van der Waals surface area contributed by atoms with Crippen LogP contribution in [-0.4, -0.2) is 31.4 Å². The van der Waals surface area contributed by atoms with Crippen molar-refractivity contribution >= 4 is 59.1 Å². The molecule has 160 valence electrons. The summed E-state index contributed by atoms with van der Waals surface area (Å²) in [6.45, 7) is 0. The molecule has 0 atom stereocenters. The van der Waals surface area contributed by atoms with E-state index in [1.165, 1.54) is 41.9 Å². The molecule has 8 nitrogen and oxygen atoms in total. The molecule has 2 aromatic heterocycles. The van der Waals surface area contributed by atoms with E-state index in [1.54, 1.807) is 17.5 Å². The summed E-state index contributed by atoms with van der Waals surface area (Å²) in [6, 6.07) is 13.7. The zero-order valence-corrected chi connectivity index (χ0v) is 18.8. The number of fused-ring (bicyclic) bond motifs is 1. The maximum Gasteiger partial charge on any atom is 0.263 e. The third kappa shape index (κ3) is 5.19. The normalized spacial score (nSPS) is 11.4. The summed E-state index contributed by atoms with van der Waals surface area (Å²) < 4.78 is 33.5. The van der Waals surface area contributed by atoms with Gasteiger partial charge in [-0.2, -0.15) is 0 Å². The Balaban J connectivity index is 1.33. The first-order chi connectivity index (χ1) is 14.9. The zero-order chi connectivity index (χ0) is 21.8. The number of aryl methyl sites for hydroxylation is 1. The number of hydrogen-bond donors (Lipinski definition) is 2. The van der Waals surface area contributed by atoms with Gasteiger partial charge in [0.05, 0.1) is 27.9 Å². The fourth-order valence-electron chi connectivity index (χ4n) is 2.75. The van der Waals surface area contributed by atoms with Crippen LogP contribution in [0.1, 0.15) is 12.1 Å². The molecular formula is C20H18N4O4S3. The summed E-state index contributed by atoms with van der Waals surface area (Å²) >= 11 is 2.59. The Hall–Kier alpha value is -3.02. The summed E-state index contributed by atoms with van der Waals surface area (Å²) in [5, 5.41) is 5.33. The Kier molecular flexibility index (Phi) is 6.16. The first kappa shape index (κ1) is 21.2. The monoisotopic (exact) mass is 474 g/mol. The second-order valence-electron chi connectivity index (χ2n) is 6.46. The highest BCUT2D eigenvalue weighted by molar-refractivity contribution is 7.93. The molecule has 0 bridgehead atoms. The lowest BCUT2D eigenvalue weighted by atomic mass is 10.2. The van der Waals surface area contributed by atoms with Crippen LogP contribution < -0.4 is 14.8 Å². The first-order valence-corrected chi connectivity index (χ1v) is 12.4. The Morgan fingerprint density at radius 1 is 1.06 bits per heavy atom. The van der Waals surface area contributed by atoms with Gasteiger partial charge in [-0.1, -0.05) is 23.5 Å². The van der Waals surface area contributed by atoms with E-state index in [0.717, 1.165) is 10.2 Å².